The quantitative estimate of drug-likeness (QED) is 0.0264. The van der Waals surface area contributed by atoms with Gasteiger partial charge in [-0.05, 0) is 57.8 Å². The van der Waals surface area contributed by atoms with Crippen molar-refractivity contribution in [1.29, 1.82) is 0 Å². The molecule has 0 radical (unpaired) electrons. The molecule has 0 aromatic rings. The SMILES string of the molecule is CCCCCCCCCCCCCCCCCC(=O)O.CCCCCCCCCCCCO.CCCCCCCCCCCCO.CCCCCCCCCCCCO.CCCCCCCCCCCCO.CCCCCCCCCCCCO.CCCCCCCCCCCCO.CCCCCCCCCCCCO.CCCCCCCCCCCCO. The maximum atomic E-state index is 10.3. The number of carbonyl (C=O) groups is 1. The fourth-order valence-corrected chi connectivity index (χ4v) is 15.4. The van der Waals surface area contributed by atoms with Crippen molar-refractivity contribution in [1.82, 2.24) is 0 Å². The third-order valence-corrected chi connectivity index (χ3v) is 24.1. The summed E-state index contributed by atoms with van der Waals surface area (Å²) < 4.78 is 0. The smallest absolute Gasteiger partial charge is 0.303 e. The summed E-state index contributed by atoms with van der Waals surface area (Å²) in [6, 6.07) is 0. The molecule has 0 aliphatic carbocycles. The van der Waals surface area contributed by atoms with Gasteiger partial charge in [0.1, 0.15) is 0 Å². The minimum Gasteiger partial charge on any atom is -0.481 e. The maximum Gasteiger partial charge on any atom is 0.303 e. The summed E-state index contributed by atoms with van der Waals surface area (Å²) in [5, 5.41) is 77.0. The van der Waals surface area contributed by atoms with Gasteiger partial charge in [0.2, 0.25) is 0 Å². The molecule has 0 amide bonds. The molecular weight excluding hydrogens is 1530 g/mol. The van der Waals surface area contributed by atoms with Gasteiger partial charge >= 0.3 is 5.97 Å². The molecule has 0 aliphatic rings. The summed E-state index contributed by atoms with van der Waals surface area (Å²) in [5.74, 6) is -0.653. The summed E-state index contributed by atoms with van der Waals surface area (Å²) >= 11 is 0. The van der Waals surface area contributed by atoms with Gasteiger partial charge in [-0.2, -0.15) is 0 Å². The Bertz CT molecular complexity index is 1190. The van der Waals surface area contributed by atoms with E-state index in [1.165, 1.54) is 546 Å². The zero-order valence-electron chi connectivity index (χ0n) is 87.5. The molecule has 0 unspecified atom stereocenters. The second kappa shape index (κ2) is 159. The van der Waals surface area contributed by atoms with Crippen molar-refractivity contribution in [3.05, 3.63) is 0 Å². The van der Waals surface area contributed by atoms with Crippen molar-refractivity contribution < 1.29 is 50.8 Å². The van der Waals surface area contributed by atoms with Crippen LogP contribution in [0.4, 0.5) is 0 Å². The van der Waals surface area contributed by atoms with Crippen LogP contribution in [0.1, 0.15) is 679 Å². The molecule has 10 nitrogen and oxygen atoms in total. The lowest BCUT2D eigenvalue weighted by Crippen LogP contribution is -1.93. The Morgan fingerprint density at radius 2 is 0.177 bits per heavy atom. The lowest BCUT2D eigenvalue weighted by atomic mass is 10.0. The molecule has 0 heterocycles. The first-order chi connectivity index (χ1) is 61.1. The number of carboxylic acids is 1. The Kier molecular flexibility index (Phi) is 181. The predicted octanol–water partition coefficient (Wildman–Crippen LogP) is 37.5. The van der Waals surface area contributed by atoms with Crippen LogP contribution in [0.3, 0.4) is 0 Å². The van der Waals surface area contributed by atoms with Crippen LogP contribution in [0.25, 0.3) is 0 Å². The maximum absolute atomic E-state index is 10.3. The summed E-state index contributed by atoms with van der Waals surface area (Å²) in [6.07, 6.45) is 127. The number of rotatable bonds is 96. The molecule has 0 bridgehead atoms. The van der Waals surface area contributed by atoms with E-state index in [-0.39, 0.29) is 0 Å². The number of unbranched alkanes of at least 4 members (excludes halogenated alkanes) is 86. The minimum absolute atomic E-state index is 0.345. The molecule has 0 saturated carbocycles. The Hall–Kier alpha value is -0.850. The second-order valence-electron chi connectivity index (χ2n) is 37.3. The highest BCUT2D eigenvalue weighted by molar-refractivity contribution is 5.66. The van der Waals surface area contributed by atoms with Crippen molar-refractivity contribution in [2.24, 2.45) is 0 Å². The molecule has 10 heteroatoms. The molecule has 9 N–H and O–H groups in total. The molecule has 0 saturated heterocycles. The van der Waals surface area contributed by atoms with E-state index >= 15 is 0 Å². The lowest BCUT2D eigenvalue weighted by Gasteiger charge is -2.03. The zero-order chi connectivity index (χ0) is 93.1. The third-order valence-electron chi connectivity index (χ3n) is 24.1. The molecule has 0 fully saturated rings. The van der Waals surface area contributed by atoms with Crippen molar-refractivity contribution in [3.63, 3.8) is 0 Å². The summed E-state index contributed by atoms with van der Waals surface area (Å²) in [7, 11) is 0. The van der Waals surface area contributed by atoms with Crippen LogP contribution >= 0.6 is 0 Å². The van der Waals surface area contributed by atoms with Crippen LogP contribution in [0.15, 0.2) is 0 Å². The van der Waals surface area contributed by atoms with Gasteiger partial charge in [-0.1, -0.05) is 615 Å². The molecule has 0 aliphatic heterocycles. The molecule has 760 valence electrons. The number of aliphatic hydroxyl groups is 8. The van der Waals surface area contributed by atoms with E-state index in [4.69, 9.17) is 46.0 Å². The highest BCUT2D eigenvalue weighted by atomic mass is 16.4. The first-order valence-electron chi connectivity index (χ1n) is 57.2. The van der Waals surface area contributed by atoms with Gasteiger partial charge in [0.15, 0.2) is 0 Å². The number of aliphatic carboxylic acids is 1. The topological polar surface area (TPSA) is 199 Å². The van der Waals surface area contributed by atoms with Gasteiger partial charge in [-0.25, -0.2) is 0 Å². The lowest BCUT2D eigenvalue weighted by molar-refractivity contribution is -0.137. The summed E-state index contributed by atoms with van der Waals surface area (Å²) in [4.78, 5) is 10.3. The number of hydrogen-bond donors (Lipinski definition) is 9. The van der Waals surface area contributed by atoms with Gasteiger partial charge in [0, 0.05) is 59.3 Å². The van der Waals surface area contributed by atoms with Crippen LogP contribution in [-0.2, 0) is 4.79 Å². The molecular formula is C114H244O10. The van der Waals surface area contributed by atoms with Gasteiger partial charge in [0.05, 0.1) is 0 Å². The molecule has 0 rings (SSSR count). The molecule has 124 heavy (non-hydrogen) atoms. The van der Waals surface area contributed by atoms with Crippen LogP contribution in [0.5, 0.6) is 0 Å². The standard InChI is InChI=1S/C18H36O2.8C12H26O/c1-2-3-4-5-6-7-8-9-10-11-12-13-14-15-16-17-18(19)20;8*1-2-3-4-5-6-7-8-9-10-11-12-13/h2-17H2,1H3,(H,19,20);8*13H,2-12H2,1H3. The zero-order valence-corrected chi connectivity index (χ0v) is 87.5. The number of aliphatic hydroxyl groups excluding tert-OH is 8. The van der Waals surface area contributed by atoms with E-state index in [0.29, 0.717) is 59.3 Å². The van der Waals surface area contributed by atoms with Crippen LogP contribution < -0.4 is 0 Å². The summed E-state index contributed by atoms with van der Waals surface area (Å²) in [6.45, 7) is 23.3. The highest BCUT2D eigenvalue weighted by Gasteiger charge is 2.02. The number of hydrogen-bond acceptors (Lipinski definition) is 9. The van der Waals surface area contributed by atoms with E-state index in [1.54, 1.807) is 0 Å². The molecule has 0 aromatic carbocycles. The van der Waals surface area contributed by atoms with Crippen molar-refractivity contribution in [2.75, 3.05) is 52.9 Å². The molecule has 0 spiro atoms. The normalized spacial score (nSPS) is 10.7. The third kappa shape index (κ3) is 189. The highest BCUT2D eigenvalue weighted by Crippen LogP contribution is 2.20. The average molecular weight is 1780 g/mol. The van der Waals surface area contributed by atoms with Gasteiger partial charge in [-0.3, -0.25) is 4.79 Å². The number of carboxylic acid groups (broad SMARTS) is 1. The van der Waals surface area contributed by atoms with Gasteiger partial charge in [0.25, 0.3) is 0 Å². The van der Waals surface area contributed by atoms with Crippen molar-refractivity contribution >= 4 is 5.97 Å². The van der Waals surface area contributed by atoms with Gasteiger partial charge < -0.3 is 46.0 Å². The van der Waals surface area contributed by atoms with E-state index < -0.39 is 5.97 Å². The van der Waals surface area contributed by atoms with Crippen molar-refractivity contribution in [3.8, 4) is 0 Å². The first kappa shape index (κ1) is 141. The molecule has 0 atom stereocenters. The molecule has 0 aromatic heterocycles. The van der Waals surface area contributed by atoms with Gasteiger partial charge in [-0.15, -0.1) is 0 Å². The first-order valence-corrected chi connectivity index (χ1v) is 57.2. The Morgan fingerprint density at radius 3 is 0.242 bits per heavy atom. The Balaban J connectivity index is -0.000000172. The average Bonchev–Trinajstić information content (AvgIpc) is 1.13. The second-order valence-corrected chi connectivity index (χ2v) is 37.3. The van der Waals surface area contributed by atoms with Crippen LogP contribution in [0, 0.1) is 0 Å². The van der Waals surface area contributed by atoms with E-state index in [1.807, 2.05) is 0 Å². The monoisotopic (exact) mass is 1770 g/mol. The summed E-state index contributed by atoms with van der Waals surface area (Å²) in [5.41, 5.74) is 0. The fraction of sp³-hybridized carbons (Fsp3) is 0.991. The largest absolute Gasteiger partial charge is 0.481 e. The fourth-order valence-electron chi connectivity index (χ4n) is 15.4. The van der Waals surface area contributed by atoms with E-state index in [0.717, 1.165) is 64.2 Å². The van der Waals surface area contributed by atoms with Crippen molar-refractivity contribution in [2.45, 2.75) is 679 Å². The van der Waals surface area contributed by atoms with Crippen LogP contribution in [-0.4, -0.2) is 105 Å². The van der Waals surface area contributed by atoms with E-state index in [9.17, 15) is 4.79 Å². The predicted molar refractivity (Wildman–Crippen MR) is 559 cm³/mol. The Labute approximate surface area is 783 Å². The van der Waals surface area contributed by atoms with E-state index in [2.05, 4.69) is 62.3 Å². The van der Waals surface area contributed by atoms with Crippen LogP contribution in [0.2, 0.25) is 0 Å². The minimum atomic E-state index is -0.653. The Morgan fingerprint density at radius 1 is 0.113 bits per heavy atom.